The zero-order valence-corrected chi connectivity index (χ0v) is 30.5. The number of benzene rings is 3. The van der Waals surface area contributed by atoms with E-state index in [1.807, 2.05) is 57.2 Å². The van der Waals surface area contributed by atoms with Crippen molar-refractivity contribution in [2.45, 2.75) is 45.4 Å². The van der Waals surface area contributed by atoms with E-state index in [0.29, 0.717) is 39.6 Å². The van der Waals surface area contributed by atoms with Gasteiger partial charge in [0.1, 0.15) is 49.4 Å². The highest BCUT2D eigenvalue weighted by atomic mass is 127. The summed E-state index contributed by atoms with van der Waals surface area (Å²) in [5.74, 6) is 2.46. The first-order valence-electron chi connectivity index (χ1n) is 13.7. The van der Waals surface area contributed by atoms with Gasteiger partial charge in [-0.05, 0) is 80.8 Å². The van der Waals surface area contributed by atoms with Crippen molar-refractivity contribution >= 4 is 67.8 Å². The van der Waals surface area contributed by atoms with Crippen LogP contribution >= 0.6 is 67.8 Å². The Morgan fingerprint density at radius 1 is 0.463 bits per heavy atom. The standard InChI is InChI=1S/C32H39I3O6/c1-23(33)36-17-20-39-29-11-5-26(6-12-29)32(4,27-7-13-30(14-8-27)40-21-18-37-24(2)34)28-9-15-31(16-10-28)41-22-19-38-25(3)35/h5-16,23-25H,17-22H2,1-4H3. The van der Waals surface area contributed by atoms with E-state index in [0.717, 1.165) is 33.9 Å². The third-order valence-electron chi connectivity index (χ3n) is 6.39. The summed E-state index contributed by atoms with van der Waals surface area (Å²) in [4.78, 5) is 0. The molecule has 0 bridgehead atoms. The second kappa shape index (κ2) is 18.1. The molecule has 0 spiro atoms. The Morgan fingerprint density at radius 2 is 0.707 bits per heavy atom. The Hall–Kier alpha value is -0.870. The van der Waals surface area contributed by atoms with Gasteiger partial charge in [-0.15, -0.1) is 0 Å². The molecule has 0 aliphatic heterocycles. The predicted molar refractivity (Wildman–Crippen MR) is 190 cm³/mol. The van der Waals surface area contributed by atoms with Gasteiger partial charge in [0.05, 0.1) is 19.8 Å². The molecule has 3 aromatic rings. The lowest BCUT2D eigenvalue weighted by molar-refractivity contribution is 0.0998. The van der Waals surface area contributed by atoms with Crippen molar-refractivity contribution in [3.05, 3.63) is 89.5 Å². The van der Waals surface area contributed by atoms with Gasteiger partial charge in [0.25, 0.3) is 0 Å². The number of halogens is 3. The summed E-state index contributed by atoms with van der Waals surface area (Å²) in [6, 6.07) is 25.0. The van der Waals surface area contributed by atoms with E-state index >= 15 is 0 Å². The molecule has 0 heterocycles. The monoisotopic (exact) mass is 900 g/mol. The minimum atomic E-state index is -0.422. The summed E-state index contributed by atoms with van der Waals surface area (Å²) in [6.07, 6.45) is 0. The Labute approximate surface area is 285 Å². The van der Waals surface area contributed by atoms with Gasteiger partial charge in [0.15, 0.2) is 0 Å². The van der Waals surface area contributed by atoms with Gasteiger partial charge in [-0.2, -0.15) is 0 Å². The summed E-state index contributed by atoms with van der Waals surface area (Å²) in [7, 11) is 0. The lowest BCUT2D eigenvalue weighted by Gasteiger charge is -2.32. The number of ether oxygens (including phenoxy) is 6. The van der Waals surface area contributed by atoms with Gasteiger partial charge in [-0.3, -0.25) is 0 Å². The molecule has 0 saturated carbocycles. The van der Waals surface area contributed by atoms with Crippen molar-refractivity contribution in [1.29, 1.82) is 0 Å². The van der Waals surface area contributed by atoms with Gasteiger partial charge in [-0.1, -0.05) is 104 Å². The molecule has 3 aromatic carbocycles. The molecule has 0 amide bonds. The summed E-state index contributed by atoms with van der Waals surface area (Å²) in [6.45, 7) is 11.5. The number of rotatable bonds is 18. The summed E-state index contributed by atoms with van der Waals surface area (Å²) < 4.78 is 35.0. The molecule has 0 aliphatic rings. The quantitative estimate of drug-likeness (QED) is 0.0553. The first-order chi connectivity index (χ1) is 19.7. The molecule has 0 aromatic heterocycles. The Bertz CT molecular complexity index is 991. The largest absolute Gasteiger partial charge is 0.491 e. The van der Waals surface area contributed by atoms with Gasteiger partial charge >= 0.3 is 0 Å². The number of alkyl halides is 3. The van der Waals surface area contributed by atoms with Gasteiger partial charge in [0.2, 0.25) is 0 Å². The second-order valence-corrected chi connectivity index (χ2v) is 14.7. The van der Waals surface area contributed by atoms with Crippen molar-refractivity contribution in [3.63, 3.8) is 0 Å². The molecular weight excluding hydrogens is 861 g/mol. The van der Waals surface area contributed by atoms with E-state index < -0.39 is 5.41 Å². The van der Waals surface area contributed by atoms with Crippen LogP contribution in [0, 0.1) is 0 Å². The molecule has 3 atom stereocenters. The minimum Gasteiger partial charge on any atom is -0.491 e. The maximum atomic E-state index is 5.91. The second-order valence-electron chi connectivity index (χ2n) is 9.48. The van der Waals surface area contributed by atoms with Crippen LogP contribution in [-0.2, 0) is 19.6 Å². The highest BCUT2D eigenvalue weighted by Crippen LogP contribution is 2.40. The summed E-state index contributed by atoms with van der Waals surface area (Å²) >= 11 is 6.72. The molecule has 41 heavy (non-hydrogen) atoms. The average molecular weight is 900 g/mol. The van der Waals surface area contributed by atoms with E-state index in [2.05, 4.69) is 111 Å². The fraction of sp³-hybridized carbons (Fsp3) is 0.438. The fourth-order valence-corrected chi connectivity index (χ4v) is 5.03. The average Bonchev–Trinajstić information content (AvgIpc) is 2.96. The maximum Gasteiger partial charge on any atom is 0.119 e. The lowest BCUT2D eigenvalue weighted by atomic mass is 9.71. The molecular formula is C32H39I3O6. The van der Waals surface area contributed by atoms with Crippen LogP contribution in [-0.4, -0.2) is 52.0 Å². The van der Waals surface area contributed by atoms with Gasteiger partial charge in [0, 0.05) is 5.41 Å². The number of hydrogen-bond acceptors (Lipinski definition) is 6. The Morgan fingerprint density at radius 3 is 0.927 bits per heavy atom. The first-order valence-corrected chi connectivity index (χ1v) is 17.4. The Kier molecular flexibility index (Phi) is 15.2. The molecule has 0 fully saturated rings. The molecule has 224 valence electrons. The van der Waals surface area contributed by atoms with Crippen molar-refractivity contribution in [2.24, 2.45) is 0 Å². The van der Waals surface area contributed by atoms with Gasteiger partial charge < -0.3 is 28.4 Å². The summed E-state index contributed by atoms with van der Waals surface area (Å²) in [5, 5.41) is 0. The van der Waals surface area contributed by atoms with Gasteiger partial charge in [-0.25, -0.2) is 0 Å². The van der Waals surface area contributed by atoms with Crippen LogP contribution in [0.4, 0.5) is 0 Å². The van der Waals surface area contributed by atoms with E-state index in [4.69, 9.17) is 28.4 Å². The van der Waals surface area contributed by atoms with Crippen molar-refractivity contribution in [1.82, 2.24) is 0 Å². The van der Waals surface area contributed by atoms with Crippen LogP contribution in [0.5, 0.6) is 17.2 Å². The smallest absolute Gasteiger partial charge is 0.119 e. The molecule has 0 saturated heterocycles. The van der Waals surface area contributed by atoms with Crippen molar-refractivity contribution < 1.29 is 28.4 Å². The zero-order valence-electron chi connectivity index (χ0n) is 24.0. The lowest BCUT2D eigenvalue weighted by Crippen LogP contribution is -2.25. The molecule has 3 unspecified atom stereocenters. The fourth-order valence-electron chi connectivity index (χ4n) is 4.26. The highest BCUT2D eigenvalue weighted by Gasteiger charge is 2.31. The topological polar surface area (TPSA) is 55.4 Å². The van der Waals surface area contributed by atoms with Crippen molar-refractivity contribution in [3.8, 4) is 17.2 Å². The van der Waals surface area contributed by atoms with Crippen LogP contribution in [0.2, 0.25) is 0 Å². The SMILES string of the molecule is CC(I)OCCOc1ccc(C(C)(c2ccc(OCCOC(C)I)cc2)c2ccc(OCCOC(C)I)cc2)cc1. The van der Waals surface area contributed by atoms with Crippen molar-refractivity contribution in [2.75, 3.05) is 39.6 Å². The predicted octanol–water partition coefficient (Wildman–Crippen LogP) is 8.57. The van der Waals surface area contributed by atoms with Crippen LogP contribution in [0.25, 0.3) is 0 Å². The van der Waals surface area contributed by atoms with E-state index in [-0.39, 0.29) is 12.3 Å². The maximum absolute atomic E-state index is 5.91. The first kappa shape index (κ1) is 34.6. The molecule has 0 N–H and O–H groups in total. The highest BCUT2D eigenvalue weighted by molar-refractivity contribution is 14.1. The normalized spacial score (nSPS) is 15.0. The third-order valence-corrected chi connectivity index (χ3v) is 7.47. The van der Waals surface area contributed by atoms with E-state index in [1.54, 1.807) is 0 Å². The van der Waals surface area contributed by atoms with Crippen LogP contribution in [0.1, 0.15) is 44.4 Å². The number of hydrogen-bond donors (Lipinski definition) is 0. The Balaban J connectivity index is 1.81. The molecule has 0 aliphatic carbocycles. The third kappa shape index (κ3) is 11.6. The molecule has 9 heteroatoms. The van der Waals surface area contributed by atoms with E-state index in [9.17, 15) is 0 Å². The van der Waals surface area contributed by atoms with E-state index in [1.165, 1.54) is 0 Å². The molecule has 0 radical (unpaired) electrons. The molecule has 6 nitrogen and oxygen atoms in total. The summed E-state index contributed by atoms with van der Waals surface area (Å²) in [5.41, 5.74) is 3.03. The molecule has 3 rings (SSSR count). The van der Waals surface area contributed by atoms with Crippen LogP contribution in [0.3, 0.4) is 0 Å². The van der Waals surface area contributed by atoms with Crippen LogP contribution in [0.15, 0.2) is 72.8 Å². The zero-order chi connectivity index (χ0) is 29.7. The minimum absolute atomic E-state index is 0.161. The van der Waals surface area contributed by atoms with Crippen LogP contribution < -0.4 is 14.2 Å².